The topological polar surface area (TPSA) is 68.8 Å². The van der Waals surface area contributed by atoms with Gasteiger partial charge in [-0.05, 0) is 26.0 Å². The average Bonchev–Trinajstić information content (AvgIpc) is 2.83. The first-order valence-corrected chi connectivity index (χ1v) is 7.41. The van der Waals surface area contributed by atoms with Gasteiger partial charge in [0.15, 0.2) is 5.65 Å². The Bertz CT molecular complexity index is 691. The van der Waals surface area contributed by atoms with Gasteiger partial charge in [0.25, 0.3) is 0 Å². The highest BCUT2D eigenvalue weighted by molar-refractivity contribution is 5.76. The van der Waals surface area contributed by atoms with Crippen LogP contribution >= 0.6 is 0 Å². The molecule has 120 valence electrons. The Hall–Kier alpha value is -2.15. The fourth-order valence-corrected chi connectivity index (χ4v) is 2.52. The van der Waals surface area contributed by atoms with E-state index in [1.807, 2.05) is 19.9 Å². The highest BCUT2D eigenvalue weighted by atomic mass is 16.5. The molecule has 1 atom stereocenters. The van der Waals surface area contributed by atoms with Gasteiger partial charge >= 0.3 is 5.69 Å². The summed E-state index contributed by atoms with van der Waals surface area (Å²) in [7, 11) is 1.62. The fourth-order valence-electron chi connectivity index (χ4n) is 2.52. The molecule has 2 rings (SSSR count). The van der Waals surface area contributed by atoms with Crippen molar-refractivity contribution in [2.45, 2.75) is 32.9 Å². The molecule has 0 N–H and O–H groups in total. The van der Waals surface area contributed by atoms with Gasteiger partial charge in [0, 0.05) is 26.3 Å². The molecule has 2 aromatic heterocycles. The molecule has 0 aromatic carbocycles. The van der Waals surface area contributed by atoms with Crippen molar-refractivity contribution in [1.82, 2.24) is 19.1 Å². The van der Waals surface area contributed by atoms with Gasteiger partial charge in [0.05, 0.1) is 19.2 Å². The second-order valence-corrected chi connectivity index (χ2v) is 5.17. The van der Waals surface area contributed by atoms with Crippen LogP contribution in [0.15, 0.2) is 29.2 Å². The number of rotatable bonds is 7. The van der Waals surface area contributed by atoms with Crippen molar-refractivity contribution in [3.8, 4) is 0 Å². The van der Waals surface area contributed by atoms with Crippen LogP contribution in [0.1, 0.15) is 20.3 Å². The zero-order chi connectivity index (χ0) is 16.1. The maximum Gasteiger partial charge on any atom is 0.350 e. The van der Waals surface area contributed by atoms with Gasteiger partial charge in [0.2, 0.25) is 5.91 Å². The smallest absolute Gasteiger partial charge is 0.350 e. The fraction of sp³-hybridized carbons (Fsp3) is 0.533. The van der Waals surface area contributed by atoms with Gasteiger partial charge in [-0.2, -0.15) is 0 Å². The Morgan fingerprint density at radius 2 is 2.23 bits per heavy atom. The van der Waals surface area contributed by atoms with Crippen LogP contribution in [-0.4, -0.2) is 51.3 Å². The number of fused-ring (bicyclic) bond motifs is 1. The second-order valence-electron chi connectivity index (χ2n) is 5.17. The lowest BCUT2D eigenvalue weighted by Crippen LogP contribution is -2.41. The molecule has 7 heteroatoms. The average molecular weight is 306 g/mol. The Kier molecular flexibility index (Phi) is 5.32. The summed E-state index contributed by atoms with van der Waals surface area (Å²) < 4.78 is 7.90. The minimum absolute atomic E-state index is 0.00370. The van der Waals surface area contributed by atoms with E-state index in [4.69, 9.17) is 4.74 Å². The van der Waals surface area contributed by atoms with Crippen molar-refractivity contribution in [2.24, 2.45) is 0 Å². The molecule has 0 aliphatic carbocycles. The van der Waals surface area contributed by atoms with Gasteiger partial charge in [-0.15, -0.1) is 5.10 Å². The van der Waals surface area contributed by atoms with E-state index in [1.54, 1.807) is 30.3 Å². The number of aromatic nitrogens is 3. The molecule has 0 unspecified atom stereocenters. The molecule has 0 spiro atoms. The molecule has 0 radical (unpaired) electrons. The number of likely N-dealkylation sites (N-methyl/N-ethyl adjacent to an activating group) is 1. The van der Waals surface area contributed by atoms with Gasteiger partial charge in [-0.3, -0.25) is 9.20 Å². The van der Waals surface area contributed by atoms with E-state index >= 15 is 0 Å². The van der Waals surface area contributed by atoms with Crippen LogP contribution < -0.4 is 5.69 Å². The molecule has 0 aliphatic heterocycles. The summed E-state index contributed by atoms with van der Waals surface area (Å²) in [5.74, 6) is -0.00370. The quantitative estimate of drug-likeness (QED) is 0.757. The molecule has 22 heavy (non-hydrogen) atoms. The first-order valence-electron chi connectivity index (χ1n) is 7.41. The van der Waals surface area contributed by atoms with Gasteiger partial charge in [0.1, 0.15) is 0 Å². The van der Waals surface area contributed by atoms with Gasteiger partial charge in [-0.25, -0.2) is 9.48 Å². The van der Waals surface area contributed by atoms with Crippen molar-refractivity contribution in [2.75, 3.05) is 20.3 Å². The minimum atomic E-state index is -0.226. The Morgan fingerprint density at radius 1 is 1.45 bits per heavy atom. The standard InChI is InChI=1S/C15H22N4O3/c1-4-17(12(2)11-22-3)14(20)8-10-19-15(21)18-9-6-5-7-13(18)16-19/h5-7,9,12H,4,8,10-11H2,1-3H3/t12-/m1/s1. The van der Waals surface area contributed by atoms with Gasteiger partial charge in [-0.1, -0.05) is 6.07 Å². The Labute approximate surface area is 129 Å². The SMILES string of the molecule is CCN(C(=O)CCn1nc2ccccn2c1=O)[C@H](C)COC. The number of ether oxygens (including phenoxy) is 1. The van der Waals surface area contributed by atoms with E-state index in [9.17, 15) is 9.59 Å². The molecule has 7 nitrogen and oxygen atoms in total. The zero-order valence-electron chi connectivity index (χ0n) is 13.2. The summed E-state index contributed by atoms with van der Waals surface area (Å²) in [6.07, 6.45) is 1.91. The third kappa shape index (κ3) is 3.36. The number of nitrogens with zero attached hydrogens (tertiary/aromatic N) is 4. The van der Waals surface area contributed by atoms with Crippen molar-refractivity contribution in [3.05, 3.63) is 34.9 Å². The van der Waals surface area contributed by atoms with Crippen LogP contribution in [0.3, 0.4) is 0 Å². The molecular formula is C15H22N4O3. The number of hydrogen-bond acceptors (Lipinski definition) is 4. The third-order valence-corrected chi connectivity index (χ3v) is 3.63. The maximum absolute atomic E-state index is 12.3. The van der Waals surface area contributed by atoms with Crippen LogP contribution in [0.4, 0.5) is 0 Å². The number of hydrogen-bond donors (Lipinski definition) is 0. The second kappa shape index (κ2) is 7.22. The first kappa shape index (κ1) is 16.2. The first-order chi connectivity index (χ1) is 10.6. The largest absolute Gasteiger partial charge is 0.383 e. The van der Waals surface area contributed by atoms with Crippen LogP contribution in [0.5, 0.6) is 0 Å². The highest BCUT2D eigenvalue weighted by Crippen LogP contribution is 2.04. The van der Waals surface area contributed by atoms with Crippen molar-refractivity contribution in [3.63, 3.8) is 0 Å². The molecule has 0 bridgehead atoms. The third-order valence-electron chi connectivity index (χ3n) is 3.63. The van der Waals surface area contributed by atoms with E-state index in [0.717, 1.165) is 0 Å². The van der Waals surface area contributed by atoms with E-state index in [2.05, 4.69) is 5.10 Å². The lowest BCUT2D eigenvalue weighted by Gasteiger charge is -2.27. The predicted molar refractivity (Wildman–Crippen MR) is 82.8 cm³/mol. The molecule has 0 fully saturated rings. The normalized spacial score (nSPS) is 12.5. The van der Waals surface area contributed by atoms with E-state index in [-0.39, 0.29) is 30.6 Å². The summed E-state index contributed by atoms with van der Waals surface area (Å²) in [6.45, 7) is 5.26. The molecule has 1 amide bonds. The van der Waals surface area contributed by atoms with Crippen LogP contribution in [0.25, 0.3) is 5.65 Å². The zero-order valence-corrected chi connectivity index (χ0v) is 13.2. The summed E-state index contributed by atoms with van der Waals surface area (Å²) in [4.78, 5) is 26.2. The molecule has 0 saturated carbocycles. The van der Waals surface area contributed by atoms with E-state index in [1.165, 1.54) is 9.08 Å². The molecule has 2 aromatic rings. The summed E-state index contributed by atoms with van der Waals surface area (Å²) >= 11 is 0. The van der Waals surface area contributed by atoms with Crippen molar-refractivity contribution >= 4 is 11.6 Å². The monoisotopic (exact) mass is 306 g/mol. The van der Waals surface area contributed by atoms with Gasteiger partial charge < -0.3 is 9.64 Å². The lowest BCUT2D eigenvalue weighted by molar-refractivity contribution is -0.134. The van der Waals surface area contributed by atoms with Crippen molar-refractivity contribution < 1.29 is 9.53 Å². The minimum Gasteiger partial charge on any atom is -0.383 e. The number of amides is 1. The van der Waals surface area contributed by atoms with E-state index in [0.29, 0.717) is 18.8 Å². The lowest BCUT2D eigenvalue weighted by atomic mass is 10.2. The number of pyridine rings is 1. The Balaban J connectivity index is 2.06. The van der Waals surface area contributed by atoms with Crippen LogP contribution in [0, 0.1) is 0 Å². The highest BCUT2D eigenvalue weighted by Gasteiger charge is 2.18. The number of methoxy groups -OCH3 is 1. The number of aryl methyl sites for hydroxylation is 1. The van der Waals surface area contributed by atoms with Crippen molar-refractivity contribution in [1.29, 1.82) is 0 Å². The molecule has 0 saturated heterocycles. The molecule has 0 aliphatic rings. The summed E-state index contributed by atoms with van der Waals surface area (Å²) in [6, 6.07) is 5.37. The Morgan fingerprint density at radius 3 is 2.86 bits per heavy atom. The van der Waals surface area contributed by atoms with Crippen LogP contribution in [-0.2, 0) is 16.1 Å². The van der Waals surface area contributed by atoms with E-state index < -0.39 is 0 Å². The maximum atomic E-state index is 12.3. The summed E-state index contributed by atoms with van der Waals surface area (Å²) in [5.41, 5.74) is 0.358. The predicted octanol–water partition coefficient (Wildman–Crippen LogP) is 0.769. The summed E-state index contributed by atoms with van der Waals surface area (Å²) in [5, 5.41) is 4.22. The molecule has 2 heterocycles. The molecular weight excluding hydrogens is 284 g/mol. The number of carbonyl (C=O) groups is 1. The number of carbonyl (C=O) groups excluding carboxylic acids is 1. The van der Waals surface area contributed by atoms with Crippen LogP contribution in [0.2, 0.25) is 0 Å².